The maximum Gasteiger partial charge on any atom is 0.0419 e. The van der Waals surface area contributed by atoms with Crippen molar-refractivity contribution in [3.63, 3.8) is 0 Å². The molecule has 0 radical (unpaired) electrons. The van der Waals surface area contributed by atoms with E-state index >= 15 is 0 Å². The molecule has 1 atom stereocenters. The number of piperazine rings is 1. The third kappa shape index (κ3) is 4.53. The van der Waals surface area contributed by atoms with E-state index < -0.39 is 0 Å². The van der Waals surface area contributed by atoms with Crippen molar-refractivity contribution < 1.29 is 0 Å². The predicted octanol–water partition coefficient (Wildman–Crippen LogP) is 2.08. The molecule has 2 aromatic rings. The fraction of sp³-hybridized carbons (Fsp3) is 0.421. The Labute approximate surface area is 138 Å². The van der Waals surface area contributed by atoms with Crippen molar-refractivity contribution in [2.45, 2.75) is 19.4 Å². The molecule has 0 spiro atoms. The van der Waals surface area contributed by atoms with Gasteiger partial charge in [0, 0.05) is 62.8 Å². The molecule has 0 bridgehead atoms. The van der Waals surface area contributed by atoms with E-state index in [2.05, 4.69) is 52.0 Å². The third-order valence-corrected chi connectivity index (χ3v) is 4.46. The molecule has 2 heterocycles. The van der Waals surface area contributed by atoms with Gasteiger partial charge in [0.25, 0.3) is 0 Å². The first-order valence-corrected chi connectivity index (χ1v) is 8.40. The highest BCUT2D eigenvalue weighted by Gasteiger charge is 2.19. The summed E-state index contributed by atoms with van der Waals surface area (Å²) in [6.07, 6.45) is 2.68. The number of pyridine rings is 1. The molecule has 1 aliphatic rings. The van der Waals surface area contributed by atoms with E-state index in [1.807, 2.05) is 18.3 Å². The summed E-state index contributed by atoms with van der Waals surface area (Å²) in [5.74, 6) is 0. The van der Waals surface area contributed by atoms with Gasteiger partial charge < -0.3 is 10.6 Å². The minimum Gasteiger partial charge on any atom is -0.369 e. The Kier molecular flexibility index (Phi) is 5.26. The highest BCUT2D eigenvalue weighted by Crippen LogP contribution is 2.17. The van der Waals surface area contributed by atoms with Crippen LogP contribution in [0.1, 0.15) is 11.3 Å². The maximum atomic E-state index is 6.30. The van der Waals surface area contributed by atoms with Gasteiger partial charge >= 0.3 is 0 Å². The van der Waals surface area contributed by atoms with Gasteiger partial charge in [-0.05, 0) is 31.2 Å². The fourth-order valence-corrected chi connectivity index (χ4v) is 3.13. The van der Waals surface area contributed by atoms with Gasteiger partial charge in [0.05, 0.1) is 0 Å². The topological polar surface area (TPSA) is 45.4 Å². The van der Waals surface area contributed by atoms with Crippen molar-refractivity contribution >= 4 is 5.69 Å². The zero-order chi connectivity index (χ0) is 16.1. The highest BCUT2D eigenvalue weighted by atomic mass is 15.3. The van der Waals surface area contributed by atoms with Crippen molar-refractivity contribution in [1.29, 1.82) is 0 Å². The SMILES string of the molecule is Cc1ccc(N2CCN(CC(N)Cc3ccccn3)CC2)cc1. The monoisotopic (exact) mass is 310 g/mol. The van der Waals surface area contributed by atoms with Gasteiger partial charge in [-0.1, -0.05) is 23.8 Å². The first-order valence-electron chi connectivity index (χ1n) is 8.40. The quantitative estimate of drug-likeness (QED) is 0.918. The lowest BCUT2D eigenvalue weighted by Gasteiger charge is -2.37. The van der Waals surface area contributed by atoms with E-state index in [0.717, 1.165) is 44.8 Å². The molecule has 2 N–H and O–H groups in total. The molecule has 122 valence electrons. The molecule has 1 aromatic carbocycles. The van der Waals surface area contributed by atoms with E-state index in [0.29, 0.717) is 0 Å². The Bertz CT molecular complexity index is 589. The van der Waals surface area contributed by atoms with Gasteiger partial charge in [-0.2, -0.15) is 0 Å². The van der Waals surface area contributed by atoms with Gasteiger partial charge in [0.1, 0.15) is 0 Å². The summed E-state index contributed by atoms with van der Waals surface area (Å²) in [7, 11) is 0. The summed E-state index contributed by atoms with van der Waals surface area (Å²) >= 11 is 0. The van der Waals surface area contributed by atoms with Crippen molar-refractivity contribution in [2.24, 2.45) is 5.73 Å². The lowest BCUT2D eigenvalue weighted by atomic mass is 10.1. The molecule has 1 aromatic heterocycles. The van der Waals surface area contributed by atoms with E-state index in [4.69, 9.17) is 5.73 Å². The number of nitrogens with two attached hydrogens (primary N) is 1. The van der Waals surface area contributed by atoms with Crippen molar-refractivity contribution in [3.8, 4) is 0 Å². The van der Waals surface area contributed by atoms with Crippen LogP contribution in [0.2, 0.25) is 0 Å². The van der Waals surface area contributed by atoms with Crippen LogP contribution in [0.25, 0.3) is 0 Å². The second-order valence-corrected chi connectivity index (χ2v) is 6.41. The Morgan fingerprint density at radius 1 is 1.04 bits per heavy atom. The second-order valence-electron chi connectivity index (χ2n) is 6.41. The summed E-state index contributed by atoms with van der Waals surface area (Å²) in [6.45, 7) is 7.36. The van der Waals surface area contributed by atoms with Crippen LogP contribution >= 0.6 is 0 Å². The predicted molar refractivity (Wildman–Crippen MR) is 95.7 cm³/mol. The van der Waals surface area contributed by atoms with Gasteiger partial charge in [-0.15, -0.1) is 0 Å². The van der Waals surface area contributed by atoms with Gasteiger partial charge in [0.2, 0.25) is 0 Å². The fourth-order valence-electron chi connectivity index (χ4n) is 3.13. The second kappa shape index (κ2) is 7.57. The molecular formula is C19H26N4. The summed E-state index contributed by atoms with van der Waals surface area (Å²) in [5, 5.41) is 0. The molecule has 1 fully saturated rings. The molecule has 1 saturated heterocycles. The lowest BCUT2D eigenvalue weighted by Crippen LogP contribution is -2.50. The maximum absolute atomic E-state index is 6.30. The summed E-state index contributed by atoms with van der Waals surface area (Å²) in [5.41, 5.74) is 10.0. The summed E-state index contributed by atoms with van der Waals surface area (Å²) in [4.78, 5) is 9.29. The zero-order valence-corrected chi connectivity index (χ0v) is 13.9. The van der Waals surface area contributed by atoms with Gasteiger partial charge in [-0.3, -0.25) is 9.88 Å². The van der Waals surface area contributed by atoms with Crippen LogP contribution in [-0.2, 0) is 6.42 Å². The van der Waals surface area contributed by atoms with E-state index in [-0.39, 0.29) is 6.04 Å². The van der Waals surface area contributed by atoms with Crippen LogP contribution in [0.15, 0.2) is 48.7 Å². The highest BCUT2D eigenvalue weighted by molar-refractivity contribution is 5.47. The number of hydrogen-bond donors (Lipinski definition) is 1. The minimum atomic E-state index is 0.149. The molecule has 23 heavy (non-hydrogen) atoms. The van der Waals surface area contributed by atoms with E-state index in [1.165, 1.54) is 11.3 Å². The number of aryl methyl sites for hydroxylation is 1. The molecule has 0 aliphatic carbocycles. The van der Waals surface area contributed by atoms with Crippen molar-refractivity contribution in [1.82, 2.24) is 9.88 Å². The van der Waals surface area contributed by atoms with Crippen LogP contribution in [0, 0.1) is 6.92 Å². The van der Waals surface area contributed by atoms with Crippen LogP contribution in [0.4, 0.5) is 5.69 Å². The average Bonchev–Trinajstić information content (AvgIpc) is 2.57. The molecule has 4 heteroatoms. The molecule has 0 amide bonds. The zero-order valence-electron chi connectivity index (χ0n) is 13.9. The Morgan fingerprint density at radius 3 is 2.43 bits per heavy atom. The lowest BCUT2D eigenvalue weighted by molar-refractivity contribution is 0.241. The van der Waals surface area contributed by atoms with Gasteiger partial charge in [-0.25, -0.2) is 0 Å². The Balaban J connectivity index is 1.46. The first kappa shape index (κ1) is 16.0. The Morgan fingerprint density at radius 2 is 1.78 bits per heavy atom. The minimum absolute atomic E-state index is 0.149. The number of hydrogen-bond acceptors (Lipinski definition) is 4. The number of benzene rings is 1. The van der Waals surface area contributed by atoms with Crippen LogP contribution in [0.3, 0.4) is 0 Å². The van der Waals surface area contributed by atoms with Crippen LogP contribution < -0.4 is 10.6 Å². The van der Waals surface area contributed by atoms with E-state index in [1.54, 1.807) is 0 Å². The van der Waals surface area contributed by atoms with E-state index in [9.17, 15) is 0 Å². The molecule has 4 nitrogen and oxygen atoms in total. The van der Waals surface area contributed by atoms with Crippen LogP contribution in [-0.4, -0.2) is 48.6 Å². The van der Waals surface area contributed by atoms with Gasteiger partial charge in [0.15, 0.2) is 0 Å². The summed E-state index contributed by atoms with van der Waals surface area (Å²) in [6, 6.07) is 15.0. The normalized spacial score (nSPS) is 17.2. The first-order chi connectivity index (χ1) is 11.2. The molecular weight excluding hydrogens is 284 g/mol. The van der Waals surface area contributed by atoms with Crippen LogP contribution in [0.5, 0.6) is 0 Å². The molecule has 1 unspecified atom stereocenters. The molecule has 1 aliphatic heterocycles. The Hall–Kier alpha value is -1.91. The number of nitrogens with zero attached hydrogens (tertiary/aromatic N) is 3. The average molecular weight is 310 g/mol. The standard InChI is InChI=1S/C19H26N4/c1-16-5-7-19(8-6-16)23-12-10-22(11-13-23)15-17(20)14-18-4-2-3-9-21-18/h2-9,17H,10-15,20H2,1H3. The van der Waals surface area contributed by atoms with Crippen molar-refractivity contribution in [2.75, 3.05) is 37.6 Å². The molecule has 3 rings (SSSR count). The third-order valence-electron chi connectivity index (χ3n) is 4.46. The number of rotatable bonds is 5. The summed E-state index contributed by atoms with van der Waals surface area (Å²) < 4.78 is 0. The smallest absolute Gasteiger partial charge is 0.0419 e. The number of aromatic nitrogens is 1. The molecule has 0 saturated carbocycles. The largest absolute Gasteiger partial charge is 0.369 e. The van der Waals surface area contributed by atoms with Crippen molar-refractivity contribution in [3.05, 3.63) is 59.9 Å². The number of anilines is 1.